The van der Waals surface area contributed by atoms with Gasteiger partial charge in [-0.1, -0.05) is 19.4 Å². The smallest absolute Gasteiger partial charge is 0.00552 e. The van der Waals surface area contributed by atoms with Crippen LogP contribution in [0.3, 0.4) is 0 Å². The summed E-state index contributed by atoms with van der Waals surface area (Å²) in [6.45, 7) is 6.00. The summed E-state index contributed by atoms with van der Waals surface area (Å²) in [6, 6.07) is 0. The monoisotopic (exact) mass is 180 g/mol. The lowest BCUT2D eigenvalue weighted by Crippen LogP contribution is -1.87. The molecule has 0 unspecified atom stereocenters. The van der Waals surface area contributed by atoms with Crippen LogP contribution in [0, 0.1) is 0 Å². The van der Waals surface area contributed by atoms with Crippen molar-refractivity contribution in [2.24, 2.45) is 0 Å². The van der Waals surface area contributed by atoms with E-state index in [-0.39, 0.29) is 0 Å². The van der Waals surface area contributed by atoms with Crippen LogP contribution in [-0.4, -0.2) is 0 Å². The number of hydrogen-bond acceptors (Lipinski definition) is 1. The molecule has 0 fully saturated rings. The predicted molar refractivity (Wildman–Crippen MR) is 56.8 cm³/mol. The summed E-state index contributed by atoms with van der Waals surface area (Å²) < 4.78 is 0. The Morgan fingerprint density at radius 1 is 1.42 bits per heavy atom. The molecule has 0 atom stereocenters. The summed E-state index contributed by atoms with van der Waals surface area (Å²) in [4.78, 5) is 0. The van der Waals surface area contributed by atoms with E-state index in [0.717, 1.165) is 6.42 Å². The van der Waals surface area contributed by atoms with Crippen molar-refractivity contribution >= 4 is 11.3 Å². The third kappa shape index (κ3) is 2.49. The fraction of sp³-hybridized carbons (Fsp3) is 0.455. The van der Waals surface area contributed by atoms with Gasteiger partial charge in [0.05, 0.1) is 0 Å². The van der Waals surface area contributed by atoms with E-state index < -0.39 is 0 Å². The normalized spacial score (nSPS) is 10.1. The molecule has 1 aromatic rings. The van der Waals surface area contributed by atoms with E-state index in [1.54, 1.807) is 0 Å². The van der Waals surface area contributed by atoms with Gasteiger partial charge in [0.15, 0.2) is 0 Å². The number of allylic oxidation sites excluding steroid dienone is 1. The maximum atomic E-state index is 3.76. The van der Waals surface area contributed by atoms with Gasteiger partial charge in [0, 0.05) is 0 Å². The van der Waals surface area contributed by atoms with Gasteiger partial charge in [-0.15, -0.1) is 6.58 Å². The van der Waals surface area contributed by atoms with Crippen molar-refractivity contribution in [2.75, 3.05) is 0 Å². The molecule has 0 saturated heterocycles. The van der Waals surface area contributed by atoms with Gasteiger partial charge in [0.2, 0.25) is 0 Å². The summed E-state index contributed by atoms with van der Waals surface area (Å²) >= 11 is 1.81. The molecule has 0 aromatic carbocycles. The molecule has 0 spiro atoms. The molecule has 0 radical (unpaired) electrons. The molecule has 0 bridgehead atoms. The first-order valence-corrected chi connectivity index (χ1v) is 5.47. The SMILES string of the molecule is C=CCc1cscc1CCCC. The van der Waals surface area contributed by atoms with Gasteiger partial charge in [0.1, 0.15) is 0 Å². The average molecular weight is 180 g/mol. The zero-order valence-corrected chi connectivity index (χ0v) is 8.49. The summed E-state index contributed by atoms with van der Waals surface area (Å²) in [7, 11) is 0. The number of unbranched alkanes of at least 4 members (excludes halogenated alkanes) is 1. The fourth-order valence-corrected chi connectivity index (χ4v) is 2.18. The molecule has 1 heteroatoms. The van der Waals surface area contributed by atoms with Crippen molar-refractivity contribution in [1.29, 1.82) is 0 Å². The Kier molecular flexibility index (Phi) is 4.09. The van der Waals surface area contributed by atoms with Crippen LogP contribution < -0.4 is 0 Å². The third-order valence-electron chi connectivity index (χ3n) is 2.00. The first-order valence-electron chi connectivity index (χ1n) is 4.53. The Balaban J connectivity index is 2.57. The zero-order valence-electron chi connectivity index (χ0n) is 7.68. The molecule has 0 amide bonds. The molecule has 0 saturated carbocycles. The van der Waals surface area contributed by atoms with E-state index in [9.17, 15) is 0 Å². The number of aryl methyl sites for hydroxylation is 1. The van der Waals surface area contributed by atoms with Crippen LogP contribution in [-0.2, 0) is 12.8 Å². The quantitative estimate of drug-likeness (QED) is 0.604. The molecular weight excluding hydrogens is 164 g/mol. The highest BCUT2D eigenvalue weighted by Gasteiger charge is 2.00. The van der Waals surface area contributed by atoms with Gasteiger partial charge in [0.25, 0.3) is 0 Å². The Morgan fingerprint density at radius 3 is 2.83 bits per heavy atom. The molecular formula is C11H16S. The van der Waals surface area contributed by atoms with Crippen molar-refractivity contribution in [1.82, 2.24) is 0 Å². The molecule has 0 N–H and O–H groups in total. The minimum Gasteiger partial charge on any atom is -0.152 e. The van der Waals surface area contributed by atoms with E-state index in [1.807, 2.05) is 17.4 Å². The number of thiophene rings is 1. The van der Waals surface area contributed by atoms with Crippen molar-refractivity contribution in [3.8, 4) is 0 Å². The lowest BCUT2D eigenvalue weighted by molar-refractivity contribution is 0.792. The zero-order chi connectivity index (χ0) is 8.81. The molecule has 66 valence electrons. The van der Waals surface area contributed by atoms with Crippen molar-refractivity contribution in [2.45, 2.75) is 32.6 Å². The highest BCUT2D eigenvalue weighted by Crippen LogP contribution is 2.18. The maximum Gasteiger partial charge on any atom is -0.00552 e. The minimum atomic E-state index is 1.03. The van der Waals surface area contributed by atoms with Gasteiger partial charge in [-0.3, -0.25) is 0 Å². The first-order chi connectivity index (χ1) is 5.88. The minimum absolute atomic E-state index is 1.03. The third-order valence-corrected chi connectivity index (χ3v) is 2.84. The van der Waals surface area contributed by atoms with E-state index in [2.05, 4.69) is 24.3 Å². The molecule has 1 heterocycles. The molecule has 0 aliphatic rings. The largest absolute Gasteiger partial charge is 0.152 e. The summed E-state index contributed by atoms with van der Waals surface area (Å²) in [5.41, 5.74) is 3.00. The second-order valence-corrected chi connectivity index (χ2v) is 3.76. The molecule has 0 aliphatic carbocycles. The van der Waals surface area contributed by atoms with E-state index in [1.165, 1.54) is 30.4 Å². The van der Waals surface area contributed by atoms with Crippen LogP contribution in [0.15, 0.2) is 23.4 Å². The van der Waals surface area contributed by atoms with E-state index in [0.29, 0.717) is 0 Å². The predicted octanol–water partition coefficient (Wildman–Crippen LogP) is 3.82. The second kappa shape index (κ2) is 5.15. The van der Waals surface area contributed by atoms with Crippen molar-refractivity contribution in [3.63, 3.8) is 0 Å². The van der Waals surface area contributed by atoms with Gasteiger partial charge in [-0.25, -0.2) is 0 Å². The molecule has 0 nitrogen and oxygen atoms in total. The standard InChI is InChI=1S/C11H16S/c1-3-5-7-11-9-12-8-10(11)6-4-2/h4,8-9H,2-3,5-7H2,1H3. The number of hydrogen-bond donors (Lipinski definition) is 0. The highest BCUT2D eigenvalue weighted by molar-refractivity contribution is 7.08. The van der Waals surface area contributed by atoms with Crippen molar-refractivity contribution < 1.29 is 0 Å². The fourth-order valence-electron chi connectivity index (χ4n) is 1.27. The van der Waals surface area contributed by atoms with Crippen LogP contribution in [0.25, 0.3) is 0 Å². The van der Waals surface area contributed by atoms with Crippen LogP contribution >= 0.6 is 11.3 Å². The topological polar surface area (TPSA) is 0 Å². The van der Waals surface area contributed by atoms with Gasteiger partial charge >= 0.3 is 0 Å². The molecule has 12 heavy (non-hydrogen) atoms. The van der Waals surface area contributed by atoms with Gasteiger partial charge in [-0.05, 0) is 41.1 Å². The molecule has 0 aliphatic heterocycles. The van der Waals surface area contributed by atoms with Gasteiger partial charge in [-0.2, -0.15) is 11.3 Å². The lowest BCUT2D eigenvalue weighted by atomic mass is 10.1. The Hall–Kier alpha value is -0.560. The Labute approximate surface area is 78.9 Å². The number of rotatable bonds is 5. The second-order valence-electron chi connectivity index (χ2n) is 3.02. The van der Waals surface area contributed by atoms with E-state index >= 15 is 0 Å². The summed E-state index contributed by atoms with van der Waals surface area (Å²) in [5.74, 6) is 0. The first kappa shape index (κ1) is 9.53. The van der Waals surface area contributed by atoms with Gasteiger partial charge < -0.3 is 0 Å². The summed E-state index contributed by atoms with van der Waals surface area (Å²) in [6.07, 6.45) is 6.84. The van der Waals surface area contributed by atoms with Crippen LogP contribution in [0.5, 0.6) is 0 Å². The summed E-state index contributed by atoms with van der Waals surface area (Å²) in [5, 5.41) is 4.52. The van der Waals surface area contributed by atoms with Crippen LogP contribution in [0.1, 0.15) is 30.9 Å². The van der Waals surface area contributed by atoms with E-state index in [4.69, 9.17) is 0 Å². The van der Waals surface area contributed by atoms with Crippen LogP contribution in [0.2, 0.25) is 0 Å². The lowest BCUT2D eigenvalue weighted by Gasteiger charge is -1.99. The maximum absolute atomic E-state index is 3.76. The Morgan fingerprint density at radius 2 is 2.17 bits per heavy atom. The van der Waals surface area contributed by atoms with Crippen LogP contribution in [0.4, 0.5) is 0 Å². The van der Waals surface area contributed by atoms with Crippen molar-refractivity contribution in [3.05, 3.63) is 34.5 Å². The Bertz CT molecular complexity index is 235. The average Bonchev–Trinajstić information content (AvgIpc) is 2.50. The molecule has 1 rings (SSSR count). The molecule has 1 aromatic heterocycles. The highest BCUT2D eigenvalue weighted by atomic mass is 32.1.